The number of methoxy groups -OCH3 is 1. The van der Waals surface area contributed by atoms with Gasteiger partial charge < -0.3 is 14.3 Å². The Morgan fingerprint density at radius 1 is 1.59 bits per heavy atom. The lowest BCUT2D eigenvalue weighted by Crippen LogP contribution is -2.07. The first-order valence-corrected chi connectivity index (χ1v) is 4.71. The van der Waals surface area contributed by atoms with Crippen molar-refractivity contribution >= 4 is 24.9 Å². The van der Waals surface area contributed by atoms with Crippen molar-refractivity contribution in [3.8, 4) is 11.8 Å². The monoisotopic (exact) mass is 226 g/mol. The number of carboxylic acids is 1. The Kier molecular flexibility index (Phi) is 2.52. The Labute approximate surface area is 98.3 Å². The van der Waals surface area contributed by atoms with Gasteiger partial charge in [0.15, 0.2) is 0 Å². The summed E-state index contributed by atoms with van der Waals surface area (Å²) in [6.07, 6.45) is 0. The third-order valence-electron chi connectivity index (χ3n) is 2.53. The summed E-state index contributed by atoms with van der Waals surface area (Å²) < 4.78 is 6.01. The van der Waals surface area contributed by atoms with Crippen LogP contribution in [0.3, 0.4) is 0 Å². The van der Waals surface area contributed by atoms with Crippen LogP contribution in [0.5, 0.6) is 5.75 Å². The van der Waals surface area contributed by atoms with Crippen LogP contribution in [0.2, 0.25) is 0 Å². The number of ether oxygens (including phenoxy) is 1. The van der Waals surface area contributed by atoms with Crippen molar-refractivity contribution in [3.05, 3.63) is 29.5 Å². The molecule has 2 rings (SSSR count). The molecular weight excluding hydrogens is 219 g/mol. The number of hydrogen-bond donors (Lipinski definition) is 1. The highest BCUT2D eigenvalue weighted by atomic mass is 16.5. The largest absolute Gasteiger partial charge is 0.497 e. The topological polar surface area (TPSA) is 75.3 Å². The highest BCUT2D eigenvalue weighted by molar-refractivity contribution is 6.17. The predicted molar refractivity (Wildman–Crippen MR) is 61.3 cm³/mol. The second-order valence-electron chi connectivity index (χ2n) is 3.39. The zero-order valence-electron chi connectivity index (χ0n) is 8.97. The zero-order chi connectivity index (χ0) is 12.6. The SMILES string of the molecule is [B]n1c(C(=O)O)c(C#N)c2ccc(OC)cc21. The van der Waals surface area contributed by atoms with Crippen molar-refractivity contribution in [3.63, 3.8) is 0 Å². The number of aromatic nitrogens is 1. The Balaban J connectivity index is 2.90. The molecule has 0 aliphatic rings. The summed E-state index contributed by atoms with van der Waals surface area (Å²) in [4.78, 5) is 11.0. The van der Waals surface area contributed by atoms with Gasteiger partial charge >= 0.3 is 5.97 Å². The van der Waals surface area contributed by atoms with Gasteiger partial charge in [-0.3, -0.25) is 0 Å². The highest BCUT2D eigenvalue weighted by Gasteiger charge is 2.20. The maximum Gasteiger partial charge on any atom is 0.352 e. The minimum atomic E-state index is -1.24. The van der Waals surface area contributed by atoms with Crippen LogP contribution in [0.15, 0.2) is 18.2 Å². The van der Waals surface area contributed by atoms with Gasteiger partial charge in [-0.05, 0) is 12.1 Å². The number of benzene rings is 1. The fraction of sp³-hybridized carbons (Fsp3) is 0.0909. The number of hydrogen-bond acceptors (Lipinski definition) is 3. The van der Waals surface area contributed by atoms with Crippen LogP contribution in [0, 0.1) is 11.3 Å². The fourth-order valence-corrected chi connectivity index (χ4v) is 1.74. The molecule has 0 aliphatic heterocycles. The van der Waals surface area contributed by atoms with E-state index in [-0.39, 0.29) is 11.3 Å². The molecule has 0 spiro atoms. The lowest BCUT2D eigenvalue weighted by Gasteiger charge is -2.02. The van der Waals surface area contributed by atoms with E-state index in [9.17, 15) is 4.79 Å². The van der Waals surface area contributed by atoms with Crippen molar-refractivity contribution in [2.75, 3.05) is 7.11 Å². The average Bonchev–Trinajstić information content (AvgIpc) is 2.61. The molecule has 1 N–H and O–H groups in total. The van der Waals surface area contributed by atoms with Crippen LogP contribution in [0.25, 0.3) is 10.9 Å². The lowest BCUT2D eigenvalue weighted by atomic mass is 10.1. The molecule has 17 heavy (non-hydrogen) atoms. The number of nitrogens with zero attached hydrogens (tertiary/aromatic N) is 2. The molecule has 82 valence electrons. The summed E-state index contributed by atoms with van der Waals surface area (Å²) in [5.41, 5.74) is 0.270. The third-order valence-corrected chi connectivity index (χ3v) is 2.53. The van der Waals surface area contributed by atoms with Crippen LogP contribution in [0.1, 0.15) is 16.1 Å². The number of nitriles is 1. The minimum Gasteiger partial charge on any atom is -0.497 e. The molecule has 0 atom stereocenters. The van der Waals surface area contributed by atoms with E-state index in [4.69, 9.17) is 23.1 Å². The highest BCUT2D eigenvalue weighted by Crippen LogP contribution is 2.27. The number of rotatable bonds is 2. The summed E-state index contributed by atoms with van der Waals surface area (Å²) in [5, 5.41) is 18.5. The average molecular weight is 226 g/mol. The molecule has 0 saturated heterocycles. The summed E-state index contributed by atoms with van der Waals surface area (Å²) in [6, 6.07) is 6.70. The standard InChI is InChI=1S/C11H7BN2O3/c1-17-6-2-3-7-8(5-13)10(11(15)16)14(12)9(7)4-6/h2-4H,1H3,(H,15,16). The molecule has 1 heterocycles. The molecule has 0 saturated carbocycles. The van der Waals surface area contributed by atoms with Crippen LogP contribution in [-0.2, 0) is 0 Å². The Morgan fingerprint density at radius 2 is 2.29 bits per heavy atom. The molecule has 0 amide bonds. The summed E-state index contributed by atoms with van der Waals surface area (Å²) >= 11 is 0. The molecule has 1 aromatic heterocycles. The van der Waals surface area contributed by atoms with Gasteiger partial charge in [0.25, 0.3) is 0 Å². The maximum atomic E-state index is 11.0. The van der Waals surface area contributed by atoms with E-state index in [0.717, 1.165) is 4.48 Å². The van der Waals surface area contributed by atoms with E-state index in [0.29, 0.717) is 16.7 Å². The lowest BCUT2D eigenvalue weighted by molar-refractivity contribution is 0.0689. The first kappa shape index (κ1) is 11.1. The van der Waals surface area contributed by atoms with Crippen LogP contribution < -0.4 is 4.74 Å². The van der Waals surface area contributed by atoms with Crippen LogP contribution >= 0.6 is 0 Å². The number of aromatic carboxylic acids is 1. The van der Waals surface area contributed by atoms with Crippen molar-refractivity contribution in [1.82, 2.24) is 4.48 Å². The number of carbonyl (C=O) groups is 1. The molecule has 0 bridgehead atoms. The normalized spacial score (nSPS) is 10.1. The first-order chi connectivity index (χ1) is 8.10. The second-order valence-corrected chi connectivity index (χ2v) is 3.39. The summed E-state index contributed by atoms with van der Waals surface area (Å²) in [7, 11) is 7.16. The van der Waals surface area contributed by atoms with E-state index < -0.39 is 5.97 Å². The summed E-state index contributed by atoms with van der Waals surface area (Å²) in [5.74, 6) is -0.692. The van der Waals surface area contributed by atoms with Gasteiger partial charge in [-0.25, -0.2) is 4.79 Å². The smallest absolute Gasteiger partial charge is 0.352 e. The molecule has 0 aliphatic carbocycles. The van der Waals surface area contributed by atoms with Gasteiger partial charge in [-0.1, -0.05) is 0 Å². The van der Waals surface area contributed by atoms with E-state index in [1.165, 1.54) is 7.11 Å². The number of fused-ring (bicyclic) bond motifs is 1. The van der Waals surface area contributed by atoms with Crippen molar-refractivity contribution in [2.24, 2.45) is 0 Å². The van der Waals surface area contributed by atoms with Crippen LogP contribution in [0.4, 0.5) is 0 Å². The van der Waals surface area contributed by atoms with E-state index in [2.05, 4.69) is 0 Å². The Hall–Kier alpha value is -2.42. The molecule has 2 aromatic rings. The third kappa shape index (κ3) is 1.52. The maximum absolute atomic E-state index is 11.0. The van der Waals surface area contributed by atoms with Gasteiger partial charge in [-0.15, -0.1) is 0 Å². The summed E-state index contributed by atoms with van der Waals surface area (Å²) in [6.45, 7) is 0. The number of carboxylic acid groups (broad SMARTS) is 1. The van der Waals surface area contributed by atoms with E-state index in [1.54, 1.807) is 18.2 Å². The molecule has 2 radical (unpaired) electrons. The fourth-order valence-electron chi connectivity index (χ4n) is 1.74. The zero-order valence-corrected chi connectivity index (χ0v) is 8.97. The van der Waals surface area contributed by atoms with Gasteiger partial charge in [-0.2, -0.15) is 5.26 Å². The molecule has 0 fully saturated rings. The van der Waals surface area contributed by atoms with Gasteiger partial charge in [0.05, 0.1) is 12.7 Å². The Bertz CT molecular complexity index is 655. The molecule has 5 nitrogen and oxygen atoms in total. The van der Waals surface area contributed by atoms with Crippen molar-refractivity contribution in [2.45, 2.75) is 0 Å². The van der Waals surface area contributed by atoms with Gasteiger partial charge in [0, 0.05) is 17.0 Å². The quantitative estimate of drug-likeness (QED) is 0.779. The molecule has 1 aromatic carbocycles. The van der Waals surface area contributed by atoms with E-state index in [1.807, 2.05) is 6.07 Å². The second kappa shape index (κ2) is 3.87. The Morgan fingerprint density at radius 3 is 2.82 bits per heavy atom. The molecule has 6 heteroatoms. The van der Waals surface area contributed by atoms with Gasteiger partial charge in [0.2, 0.25) is 7.98 Å². The van der Waals surface area contributed by atoms with Crippen LogP contribution in [-0.4, -0.2) is 30.6 Å². The van der Waals surface area contributed by atoms with E-state index >= 15 is 0 Å². The minimum absolute atomic E-state index is 0.0534. The molecule has 0 unspecified atom stereocenters. The van der Waals surface area contributed by atoms with Gasteiger partial charge in [0.1, 0.15) is 17.5 Å². The predicted octanol–water partition coefficient (Wildman–Crippen LogP) is 1.15. The molecular formula is C11H7BN2O3. The first-order valence-electron chi connectivity index (χ1n) is 4.71. The van der Waals surface area contributed by atoms with Crippen molar-refractivity contribution < 1.29 is 14.6 Å². The van der Waals surface area contributed by atoms with Crippen molar-refractivity contribution in [1.29, 1.82) is 5.26 Å².